The zero-order chi connectivity index (χ0) is 19.8. The van der Waals surface area contributed by atoms with Crippen LogP contribution in [-0.2, 0) is 32.2 Å². The Morgan fingerprint density at radius 2 is 1.61 bits per heavy atom. The van der Waals surface area contributed by atoms with E-state index in [-0.39, 0.29) is 12.0 Å². The third-order valence-corrected chi connectivity index (χ3v) is 5.71. The Morgan fingerprint density at radius 3 is 2.18 bits per heavy atom. The predicted octanol–water partition coefficient (Wildman–Crippen LogP) is 3.52. The van der Waals surface area contributed by atoms with Gasteiger partial charge in [-0.2, -0.15) is 0 Å². The monoisotopic (exact) mass is 381 g/mol. The summed E-state index contributed by atoms with van der Waals surface area (Å²) in [5, 5.41) is 0. The van der Waals surface area contributed by atoms with Gasteiger partial charge in [0.2, 0.25) is 0 Å². The fourth-order valence-corrected chi connectivity index (χ4v) is 4.03. The van der Waals surface area contributed by atoms with Gasteiger partial charge in [-0.15, -0.1) is 0 Å². The van der Waals surface area contributed by atoms with Gasteiger partial charge in [0.1, 0.15) is 11.6 Å². The Labute approximate surface area is 166 Å². The number of ether oxygens (including phenoxy) is 3. The van der Waals surface area contributed by atoms with E-state index in [2.05, 4.69) is 0 Å². The van der Waals surface area contributed by atoms with E-state index in [1.807, 2.05) is 86.3 Å². The van der Waals surface area contributed by atoms with Crippen LogP contribution in [-0.4, -0.2) is 40.9 Å². The highest BCUT2D eigenvalue weighted by atomic mass is 16.7. The number of rotatable bonds is 6. The maximum atomic E-state index is 13.0. The minimum Gasteiger partial charge on any atom is -0.361 e. The molecule has 0 bridgehead atoms. The minimum atomic E-state index is -0.658. The topological polar surface area (TPSA) is 48.0 Å². The van der Waals surface area contributed by atoms with Gasteiger partial charge < -0.3 is 19.1 Å². The van der Waals surface area contributed by atoms with E-state index in [9.17, 15) is 4.79 Å². The molecule has 2 saturated heterocycles. The zero-order valence-corrected chi connectivity index (χ0v) is 16.6. The van der Waals surface area contributed by atoms with Crippen molar-refractivity contribution < 1.29 is 19.0 Å². The summed E-state index contributed by atoms with van der Waals surface area (Å²) in [5.41, 5.74) is 1.54. The SMILES string of the molecule is CC1(C)OC[C@H]([C@@]2(C)[C@@H](OCc3ccccc3)C(=O)N2Cc2ccccc2)O1. The second kappa shape index (κ2) is 7.32. The molecule has 148 valence electrons. The maximum Gasteiger partial charge on any atom is 0.255 e. The molecule has 0 radical (unpaired) electrons. The maximum absolute atomic E-state index is 13.0. The highest BCUT2D eigenvalue weighted by Gasteiger charge is 2.64. The molecule has 0 spiro atoms. The first-order chi connectivity index (χ1) is 13.4. The Balaban J connectivity index is 1.55. The van der Waals surface area contributed by atoms with Crippen LogP contribution in [0.1, 0.15) is 31.9 Å². The van der Waals surface area contributed by atoms with Crippen LogP contribution in [0.15, 0.2) is 60.7 Å². The molecule has 2 heterocycles. The summed E-state index contributed by atoms with van der Waals surface area (Å²) >= 11 is 0. The standard InChI is InChI=1S/C23H27NO4/c1-22(2)27-16-19(28-22)23(3)20(26-15-18-12-8-5-9-13-18)21(25)24(23)14-17-10-6-4-7-11-17/h4-13,19-20H,14-16H2,1-3H3/t19-,20+,23+/m1/s1. The minimum absolute atomic E-state index is 0.00408. The average molecular weight is 381 g/mol. The lowest BCUT2D eigenvalue weighted by Gasteiger charge is -2.57. The van der Waals surface area contributed by atoms with Crippen molar-refractivity contribution in [2.24, 2.45) is 0 Å². The molecule has 4 rings (SSSR count). The van der Waals surface area contributed by atoms with Gasteiger partial charge in [-0.05, 0) is 31.9 Å². The summed E-state index contributed by atoms with van der Waals surface area (Å²) in [6.07, 6.45) is -0.802. The van der Waals surface area contributed by atoms with Gasteiger partial charge in [-0.1, -0.05) is 60.7 Å². The molecule has 5 nitrogen and oxygen atoms in total. The van der Waals surface area contributed by atoms with Crippen molar-refractivity contribution in [3.63, 3.8) is 0 Å². The lowest BCUT2D eigenvalue weighted by molar-refractivity contribution is -0.226. The van der Waals surface area contributed by atoms with Crippen LogP contribution in [0, 0.1) is 0 Å². The smallest absolute Gasteiger partial charge is 0.255 e. The largest absolute Gasteiger partial charge is 0.361 e. The van der Waals surface area contributed by atoms with Crippen LogP contribution in [0.5, 0.6) is 0 Å². The van der Waals surface area contributed by atoms with E-state index >= 15 is 0 Å². The lowest BCUT2D eigenvalue weighted by atomic mass is 9.77. The van der Waals surface area contributed by atoms with Crippen LogP contribution in [0.2, 0.25) is 0 Å². The summed E-state index contributed by atoms with van der Waals surface area (Å²) in [6.45, 7) is 7.21. The van der Waals surface area contributed by atoms with Gasteiger partial charge in [0, 0.05) is 6.54 Å². The van der Waals surface area contributed by atoms with Gasteiger partial charge in [-0.3, -0.25) is 4.79 Å². The van der Waals surface area contributed by atoms with Gasteiger partial charge in [0.25, 0.3) is 5.91 Å². The normalized spacial score (nSPS) is 29.0. The van der Waals surface area contributed by atoms with Crippen LogP contribution in [0.3, 0.4) is 0 Å². The van der Waals surface area contributed by atoms with Gasteiger partial charge >= 0.3 is 0 Å². The molecule has 0 saturated carbocycles. The van der Waals surface area contributed by atoms with Gasteiger partial charge in [0.05, 0.1) is 13.2 Å². The first-order valence-corrected chi connectivity index (χ1v) is 9.73. The molecule has 0 N–H and O–H groups in total. The number of nitrogens with zero attached hydrogens (tertiary/aromatic N) is 1. The molecule has 28 heavy (non-hydrogen) atoms. The number of amides is 1. The van der Waals surface area contributed by atoms with Crippen molar-refractivity contribution in [2.75, 3.05) is 6.61 Å². The summed E-state index contributed by atoms with van der Waals surface area (Å²) < 4.78 is 18.1. The second-order valence-corrected chi connectivity index (χ2v) is 8.13. The first-order valence-electron chi connectivity index (χ1n) is 9.73. The summed E-state index contributed by atoms with van der Waals surface area (Å²) in [5.74, 6) is -0.662. The molecular formula is C23H27NO4. The van der Waals surface area contributed by atoms with Crippen molar-refractivity contribution in [1.29, 1.82) is 0 Å². The van der Waals surface area contributed by atoms with E-state index in [0.29, 0.717) is 19.8 Å². The number of benzene rings is 2. The van der Waals surface area contributed by atoms with Crippen molar-refractivity contribution in [3.8, 4) is 0 Å². The molecule has 2 aromatic carbocycles. The van der Waals surface area contributed by atoms with Crippen LogP contribution in [0.4, 0.5) is 0 Å². The molecule has 2 fully saturated rings. The Morgan fingerprint density at radius 1 is 1.00 bits per heavy atom. The molecule has 2 aromatic rings. The van der Waals surface area contributed by atoms with Crippen LogP contribution >= 0.6 is 0 Å². The average Bonchev–Trinajstić information content (AvgIpc) is 3.07. The molecule has 0 aromatic heterocycles. The number of β-lactam (4-membered cyclic amide) rings is 1. The zero-order valence-electron chi connectivity index (χ0n) is 16.6. The van der Waals surface area contributed by atoms with Crippen molar-refractivity contribution >= 4 is 5.91 Å². The van der Waals surface area contributed by atoms with E-state index in [1.165, 1.54) is 0 Å². The van der Waals surface area contributed by atoms with Crippen molar-refractivity contribution in [3.05, 3.63) is 71.8 Å². The third-order valence-electron chi connectivity index (χ3n) is 5.71. The fraction of sp³-hybridized carbons (Fsp3) is 0.435. The number of carbonyl (C=O) groups is 1. The van der Waals surface area contributed by atoms with Gasteiger partial charge in [-0.25, -0.2) is 0 Å². The quantitative estimate of drug-likeness (QED) is 0.719. The summed E-state index contributed by atoms with van der Waals surface area (Å²) in [6, 6.07) is 19.9. The molecule has 2 aliphatic rings. The van der Waals surface area contributed by atoms with Crippen molar-refractivity contribution in [2.45, 2.75) is 57.5 Å². The molecule has 2 aliphatic heterocycles. The van der Waals surface area contributed by atoms with E-state index in [4.69, 9.17) is 14.2 Å². The Bertz CT molecular complexity index is 823. The second-order valence-electron chi connectivity index (χ2n) is 8.13. The first kappa shape index (κ1) is 19.1. The molecule has 0 unspecified atom stereocenters. The van der Waals surface area contributed by atoms with Crippen LogP contribution < -0.4 is 0 Å². The Hall–Kier alpha value is -2.21. The highest BCUT2D eigenvalue weighted by Crippen LogP contribution is 2.44. The molecule has 0 aliphatic carbocycles. The molecular weight excluding hydrogens is 354 g/mol. The van der Waals surface area contributed by atoms with E-state index in [0.717, 1.165) is 11.1 Å². The number of carbonyl (C=O) groups excluding carboxylic acids is 1. The fourth-order valence-electron chi connectivity index (χ4n) is 4.03. The van der Waals surface area contributed by atoms with E-state index < -0.39 is 17.4 Å². The summed E-state index contributed by atoms with van der Waals surface area (Å²) in [4.78, 5) is 14.9. The number of hydrogen-bond acceptors (Lipinski definition) is 4. The predicted molar refractivity (Wildman–Crippen MR) is 105 cm³/mol. The Kier molecular flexibility index (Phi) is 5.00. The van der Waals surface area contributed by atoms with Gasteiger partial charge in [0.15, 0.2) is 11.9 Å². The number of likely N-dealkylation sites (tertiary alicyclic amines) is 1. The summed E-state index contributed by atoms with van der Waals surface area (Å²) in [7, 11) is 0. The molecule has 5 heteroatoms. The van der Waals surface area contributed by atoms with Crippen molar-refractivity contribution in [1.82, 2.24) is 4.90 Å². The van der Waals surface area contributed by atoms with E-state index in [1.54, 1.807) is 0 Å². The lowest BCUT2D eigenvalue weighted by Crippen LogP contribution is -2.78. The molecule has 1 amide bonds. The third kappa shape index (κ3) is 3.46. The number of hydrogen-bond donors (Lipinski definition) is 0. The molecule has 3 atom stereocenters. The highest BCUT2D eigenvalue weighted by molar-refractivity contribution is 5.90. The van der Waals surface area contributed by atoms with Crippen LogP contribution in [0.25, 0.3) is 0 Å².